The normalized spacial score (nSPS) is 12.0. The Morgan fingerprint density at radius 1 is 1.19 bits per heavy atom. The van der Waals surface area contributed by atoms with Crippen LogP contribution in [0, 0.1) is 6.92 Å². The lowest BCUT2D eigenvalue weighted by Crippen LogP contribution is -2.06. The molecule has 108 valence electrons. The van der Waals surface area contributed by atoms with E-state index in [9.17, 15) is 13.2 Å². The molecule has 0 atom stereocenters. The Labute approximate surface area is 122 Å². The first-order chi connectivity index (χ1) is 9.84. The Hall–Kier alpha value is -2.08. The van der Waals surface area contributed by atoms with Gasteiger partial charge in [0.1, 0.15) is 5.65 Å². The molecule has 0 aliphatic heterocycles. The summed E-state index contributed by atoms with van der Waals surface area (Å²) in [4.78, 5) is 11.2. The molecule has 0 amide bonds. The number of halogens is 4. The fourth-order valence-corrected chi connectivity index (χ4v) is 2.32. The van der Waals surface area contributed by atoms with Gasteiger partial charge in [0.05, 0.1) is 16.3 Å². The van der Waals surface area contributed by atoms with Gasteiger partial charge in [-0.3, -0.25) is 4.98 Å². The highest BCUT2D eigenvalue weighted by atomic mass is 35.5. The van der Waals surface area contributed by atoms with Crippen LogP contribution in [0.2, 0.25) is 5.02 Å². The maximum Gasteiger partial charge on any atom is 0.416 e. The average Bonchev–Trinajstić information content (AvgIpc) is 2.79. The van der Waals surface area contributed by atoms with Crippen LogP contribution in [0.3, 0.4) is 0 Å². The van der Waals surface area contributed by atoms with Crippen molar-refractivity contribution in [3.8, 4) is 11.3 Å². The summed E-state index contributed by atoms with van der Waals surface area (Å²) in [5, 5.41) is 1.04. The zero-order valence-electron chi connectivity index (χ0n) is 10.8. The number of fused-ring (bicyclic) bond motifs is 1. The second kappa shape index (κ2) is 4.73. The standard InChI is InChI=1S/C14H9ClF3N3/c1-7-2-8(14(16,17)18)3-12(21-7)11-6-20-13-10(11)4-9(15)5-19-13/h2-6H,1H3,(H,19,20). The second-order valence-electron chi connectivity index (χ2n) is 4.63. The third-order valence-corrected chi connectivity index (χ3v) is 3.26. The van der Waals surface area contributed by atoms with Gasteiger partial charge in [0, 0.05) is 29.0 Å². The van der Waals surface area contributed by atoms with Gasteiger partial charge in [-0.25, -0.2) is 4.98 Å². The van der Waals surface area contributed by atoms with Gasteiger partial charge in [-0.1, -0.05) is 11.6 Å². The molecule has 0 bridgehead atoms. The number of hydrogen-bond donors (Lipinski definition) is 1. The molecule has 3 nitrogen and oxygen atoms in total. The minimum absolute atomic E-state index is 0.234. The van der Waals surface area contributed by atoms with Crippen LogP contribution in [-0.2, 0) is 6.18 Å². The quantitative estimate of drug-likeness (QED) is 0.713. The molecule has 0 unspecified atom stereocenters. The largest absolute Gasteiger partial charge is 0.416 e. The molecule has 0 saturated carbocycles. The van der Waals surface area contributed by atoms with Gasteiger partial charge in [0.25, 0.3) is 0 Å². The molecule has 0 aromatic carbocycles. The minimum atomic E-state index is -4.41. The highest BCUT2D eigenvalue weighted by Gasteiger charge is 2.31. The second-order valence-corrected chi connectivity index (χ2v) is 5.07. The lowest BCUT2D eigenvalue weighted by atomic mass is 10.1. The monoisotopic (exact) mass is 311 g/mol. The van der Waals surface area contributed by atoms with E-state index in [1.165, 1.54) is 13.1 Å². The molecule has 0 fully saturated rings. The maximum atomic E-state index is 12.9. The van der Waals surface area contributed by atoms with E-state index >= 15 is 0 Å². The van der Waals surface area contributed by atoms with E-state index in [0.717, 1.165) is 12.1 Å². The number of hydrogen-bond acceptors (Lipinski definition) is 2. The van der Waals surface area contributed by atoms with Gasteiger partial charge >= 0.3 is 6.18 Å². The molecule has 3 aromatic rings. The van der Waals surface area contributed by atoms with E-state index in [1.54, 1.807) is 12.3 Å². The maximum absolute atomic E-state index is 12.9. The summed E-state index contributed by atoms with van der Waals surface area (Å²) in [7, 11) is 0. The van der Waals surface area contributed by atoms with Crippen LogP contribution in [-0.4, -0.2) is 15.0 Å². The third-order valence-electron chi connectivity index (χ3n) is 3.05. The topological polar surface area (TPSA) is 41.6 Å². The molecule has 3 heterocycles. The van der Waals surface area contributed by atoms with Crippen molar-refractivity contribution < 1.29 is 13.2 Å². The van der Waals surface area contributed by atoms with Crippen LogP contribution in [0.25, 0.3) is 22.3 Å². The van der Waals surface area contributed by atoms with E-state index in [0.29, 0.717) is 27.3 Å². The molecule has 7 heteroatoms. The van der Waals surface area contributed by atoms with Gasteiger partial charge < -0.3 is 4.98 Å². The van der Waals surface area contributed by atoms with Crippen molar-refractivity contribution in [2.75, 3.05) is 0 Å². The van der Waals surface area contributed by atoms with E-state index in [4.69, 9.17) is 11.6 Å². The van der Waals surface area contributed by atoms with Crippen LogP contribution < -0.4 is 0 Å². The lowest BCUT2D eigenvalue weighted by molar-refractivity contribution is -0.137. The molecule has 3 aromatic heterocycles. The van der Waals surface area contributed by atoms with Crippen LogP contribution in [0.4, 0.5) is 13.2 Å². The Morgan fingerprint density at radius 3 is 2.67 bits per heavy atom. The SMILES string of the molecule is Cc1cc(C(F)(F)F)cc(-c2c[nH]c3ncc(Cl)cc23)n1. The van der Waals surface area contributed by atoms with Gasteiger partial charge in [-0.05, 0) is 25.1 Å². The first-order valence-corrected chi connectivity index (χ1v) is 6.41. The number of aromatic amines is 1. The van der Waals surface area contributed by atoms with Crippen molar-refractivity contribution in [2.24, 2.45) is 0 Å². The third kappa shape index (κ3) is 2.58. The summed E-state index contributed by atoms with van der Waals surface area (Å²) in [6, 6.07) is 3.69. The Bertz CT molecular complexity index is 824. The summed E-state index contributed by atoms with van der Waals surface area (Å²) in [5.41, 5.74) is 0.886. The summed E-state index contributed by atoms with van der Waals surface area (Å²) >= 11 is 5.89. The Kier molecular flexibility index (Phi) is 3.13. The summed E-state index contributed by atoms with van der Waals surface area (Å²) < 4.78 is 38.7. The van der Waals surface area contributed by atoms with Crippen LogP contribution in [0.15, 0.2) is 30.6 Å². The number of pyridine rings is 2. The number of H-pyrrole nitrogens is 1. The number of aryl methyl sites for hydroxylation is 1. The van der Waals surface area contributed by atoms with Crippen molar-refractivity contribution in [1.29, 1.82) is 0 Å². The van der Waals surface area contributed by atoms with Crippen molar-refractivity contribution in [1.82, 2.24) is 15.0 Å². The van der Waals surface area contributed by atoms with E-state index in [2.05, 4.69) is 15.0 Å². The molecule has 3 rings (SSSR count). The molecular weight excluding hydrogens is 303 g/mol. The fraction of sp³-hybridized carbons (Fsp3) is 0.143. The van der Waals surface area contributed by atoms with Crippen molar-refractivity contribution in [3.05, 3.63) is 46.9 Å². The van der Waals surface area contributed by atoms with Crippen LogP contribution in [0.5, 0.6) is 0 Å². The predicted molar refractivity (Wildman–Crippen MR) is 74.1 cm³/mol. The predicted octanol–water partition coefficient (Wildman–Crippen LogP) is 4.61. The zero-order valence-corrected chi connectivity index (χ0v) is 11.5. The summed E-state index contributed by atoms with van der Waals surface area (Å²) in [6.45, 7) is 1.53. The zero-order chi connectivity index (χ0) is 15.2. The van der Waals surface area contributed by atoms with Gasteiger partial charge in [-0.2, -0.15) is 13.2 Å². The molecule has 21 heavy (non-hydrogen) atoms. The first kappa shape index (κ1) is 13.9. The van der Waals surface area contributed by atoms with Gasteiger partial charge in [0.15, 0.2) is 0 Å². The first-order valence-electron chi connectivity index (χ1n) is 6.03. The number of nitrogens with zero attached hydrogens (tertiary/aromatic N) is 2. The molecule has 1 N–H and O–H groups in total. The van der Waals surface area contributed by atoms with E-state index in [-0.39, 0.29) is 5.69 Å². The summed E-state index contributed by atoms with van der Waals surface area (Å²) in [6.07, 6.45) is -1.37. The van der Waals surface area contributed by atoms with Crippen molar-refractivity contribution in [2.45, 2.75) is 13.1 Å². The average molecular weight is 312 g/mol. The van der Waals surface area contributed by atoms with Crippen LogP contribution in [0.1, 0.15) is 11.3 Å². The van der Waals surface area contributed by atoms with E-state index in [1.807, 2.05) is 0 Å². The minimum Gasteiger partial charge on any atom is -0.345 e. The fourth-order valence-electron chi connectivity index (χ4n) is 2.16. The number of aromatic nitrogens is 3. The van der Waals surface area contributed by atoms with E-state index < -0.39 is 11.7 Å². The smallest absolute Gasteiger partial charge is 0.345 e. The Morgan fingerprint density at radius 2 is 1.95 bits per heavy atom. The van der Waals surface area contributed by atoms with Gasteiger partial charge in [0.2, 0.25) is 0 Å². The number of alkyl halides is 3. The molecule has 0 aliphatic carbocycles. The number of nitrogens with one attached hydrogen (secondary N) is 1. The summed E-state index contributed by atoms with van der Waals surface area (Å²) in [5.74, 6) is 0. The van der Waals surface area contributed by atoms with Gasteiger partial charge in [-0.15, -0.1) is 0 Å². The van der Waals surface area contributed by atoms with Crippen molar-refractivity contribution >= 4 is 22.6 Å². The van der Waals surface area contributed by atoms with Crippen molar-refractivity contribution in [3.63, 3.8) is 0 Å². The molecular formula is C14H9ClF3N3. The van der Waals surface area contributed by atoms with Crippen LogP contribution >= 0.6 is 11.6 Å². The number of rotatable bonds is 1. The molecule has 0 aliphatic rings. The molecule has 0 radical (unpaired) electrons. The Balaban J connectivity index is 2.23. The lowest BCUT2D eigenvalue weighted by Gasteiger charge is -2.09. The molecule has 0 saturated heterocycles. The highest BCUT2D eigenvalue weighted by molar-refractivity contribution is 6.31. The highest BCUT2D eigenvalue weighted by Crippen LogP contribution is 2.34. The molecule has 0 spiro atoms.